The Morgan fingerprint density at radius 3 is 2.77 bits per heavy atom. The summed E-state index contributed by atoms with van der Waals surface area (Å²) in [5.41, 5.74) is 3.69. The van der Waals surface area contributed by atoms with Gasteiger partial charge in [-0.3, -0.25) is 0 Å². The molecule has 2 aliphatic carbocycles. The first-order valence-electron chi connectivity index (χ1n) is 8.01. The molecule has 4 rings (SSSR count). The quantitative estimate of drug-likeness (QED) is 0.795. The van der Waals surface area contributed by atoms with Gasteiger partial charge in [-0.2, -0.15) is 0 Å². The molecule has 1 aliphatic heterocycles. The first-order chi connectivity index (χ1) is 9.78. The van der Waals surface area contributed by atoms with Gasteiger partial charge in [0, 0.05) is 15.9 Å². The highest BCUT2D eigenvalue weighted by atomic mass is 79.9. The molecular weight excluding hydrogens is 383 g/mol. The fourth-order valence-corrected chi connectivity index (χ4v) is 4.70. The molecule has 1 heterocycles. The van der Waals surface area contributed by atoms with E-state index in [1.54, 1.807) is 11.1 Å². The molecule has 0 amide bonds. The molecular formula is C17H25BrCl2N2. The Bertz CT molecular complexity index is 519. The Hall–Kier alpha value is 0.200. The number of halogens is 3. The Morgan fingerprint density at radius 2 is 2.00 bits per heavy atom. The minimum absolute atomic E-state index is 0. The summed E-state index contributed by atoms with van der Waals surface area (Å²) in [6, 6.07) is 7.64. The van der Waals surface area contributed by atoms with Gasteiger partial charge in [0.05, 0.1) is 0 Å². The van der Waals surface area contributed by atoms with Crippen LogP contribution in [0.1, 0.15) is 36.8 Å². The highest BCUT2D eigenvalue weighted by molar-refractivity contribution is 9.10. The van der Waals surface area contributed by atoms with Crippen LogP contribution in [-0.4, -0.2) is 25.7 Å². The largest absolute Gasteiger partial charge is 0.317 e. The molecule has 1 saturated carbocycles. The summed E-state index contributed by atoms with van der Waals surface area (Å²) in [6.45, 7) is 3.64. The topological polar surface area (TPSA) is 24.1 Å². The van der Waals surface area contributed by atoms with Crippen molar-refractivity contribution < 1.29 is 0 Å². The van der Waals surface area contributed by atoms with E-state index >= 15 is 0 Å². The number of piperidine rings is 1. The van der Waals surface area contributed by atoms with Gasteiger partial charge in [-0.05, 0) is 80.9 Å². The summed E-state index contributed by atoms with van der Waals surface area (Å²) in [5.74, 6) is 0.889. The van der Waals surface area contributed by atoms with Crippen molar-refractivity contribution >= 4 is 40.7 Å². The van der Waals surface area contributed by atoms with Crippen LogP contribution >= 0.6 is 40.7 Å². The number of fused-ring (bicyclic) bond motifs is 2. The summed E-state index contributed by atoms with van der Waals surface area (Å²) in [6.07, 6.45) is 6.65. The van der Waals surface area contributed by atoms with Crippen LogP contribution in [0.25, 0.3) is 0 Å². The van der Waals surface area contributed by atoms with E-state index in [0.29, 0.717) is 5.41 Å². The monoisotopic (exact) mass is 406 g/mol. The Labute approximate surface area is 154 Å². The van der Waals surface area contributed by atoms with E-state index in [0.717, 1.165) is 12.0 Å². The van der Waals surface area contributed by atoms with Crippen molar-refractivity contribution in [3.63, 3.8) is 0 Å². The van der Waals surface area contributed by atoms with E-state index in [9.17, 15) is 0 Å². The number of rotatable bonds is 3. The third-order valence-electron chi connectivity index (χ3n) is 5.63. The highest BCUT2D eigenvalue weighted by Gasteiger charge is 2.57. The first-order valence-corrected chi connectivity index (χ1v) is 8.80. The third kappa shape index (κ3) is 3.34. The fourth-order valence-electron chi connectivity index (χ4n) is 4.29. The average Bonchev–Trinajstić information content (AvgIpc) is 3.06. The van der Waals surface area contributed by atoms with Gasteiger partial charge in [0.1, 0.15) is 0 Å². The van der Waals surface area contributed by atoms with Crippen molar-refractivity contribution in [1.82, 2.24) is 10.6 Å². The van der Waals surface area contributed by atoms with E-state index < -0.39 is 0 Å². The molecule has 2 nitrogen and oxygen atoms in total. The van der Waals surface area contributed by atoms with Crippen LogP contribution in [0.3, 0.4) is 0 Å². The summed E-state index contributed by atoms with van der Waals surface area (Å²) in [7, 11) is 0. The van der Waals surface area contributed by atoms with Crippen molar-refractivity contribution in [3.05, 3.63) is 33.8 Å². The van der Waals surface area contributed by atoms with Crippen molar-refractivity contribution in [3.8, 4) is 0 Å². The normalized spacial score (nSPS) is 29.6. The van der Waals surface area contributed by atoms with Crippen molar-refractivity contribution in [2.45, 2.75) is 43.6 Å². The molecule has 124 valence electrons. The Kier molecular flexibility index (Phi) is 6.23. The number of nitrogens with one attached hydrogen (secondary N) is 2. The molecule has 2 N–H and O–H groups in total. The van der Waals surface area contributed by atoms with Crippen LogP contribution in [0.15, 0.2) is 22.7 Å². The van der Waals surface area contributed by atoms with Crippen LogP contribution in [0.4, 0.5) is 0 Å². The van der Waals surface area contributed by atoms with E-state index in [-0.39, 0.29) is 24.8 Å². The molecule has 3 aliphatic rings. The van der Waals surface area contributed by atoms with E-state index in [2.05, 4.69) is 44.8 Å². The van der Waals surface area contributed by atoms with Crippen LogP contribution < -0.4 is 10.6 Å². The number of hydrogen-bond acceptors (Lipinski definition) is 2. The Morgan fingerprint density at radius 1 is 1.23 bits per heavy atom. The van der Waals surface area contributed by atoms with Crippen LogP contribution in [0.2, 0.25) is 0 Å². The zero-order valence-electron chi connectivity index (χ0n) is 12.7. The minimum Gasteiger partial charge on any atom is -0.317 e. The van der Waals surface area contributed by atoms with Gasteiger partial charge in [-0.1, -0.05) is 22.0 Å². The van der Waals surface area contributed by atoms with Gasteiger partial charge >= 0.3 is 0 Å². The van der Waals surface area contributed by atoms with Crippen molar-refractivity contribution in [2.75, 3.05) is 19.6 Å². The highest BCUT2D eigenvalue weighted by Crippen LogP contribution is 2.57. The van der Waals surface area contributed by atoms with Crippen LogP contribution in [0, 0.1) is 5.92 Å². The van der Waals surface area contributed by atoms with E-state index in [4.69, 9.17) is 0 Å². The summed E-state index contributed by atoms with van der Waals surface area (Å²) >= 11 is 3.60. The molecule has 0 unspecified atom stereocenters. The second-order valence-electron chi connectivity index (χ2n) is 6.82. The molecule has 1 saturated heterocycles. The molecule has 0 aromatic heterocycles. The zero-order valence-corrected chi connectivity index (χ0v) is 16.0. The lowest BCUT2D eigenvalue weighted by molar-refractivity contribution is 0.351. The van der Waals surface area contributed by atoms with E-state index in [1.165, 1.54) is 56.2 Å². The van der Waals surface area contributed by atoms with Gasteiger partial charge in [-0.25, -0.2) is 0 Å². The number of hydrogen-bond donors (Lipinski definition) is 2. The molecule has 2 atom stereocenters. The zero-order chi connectivity index (χ0) is 13.6. The lowest BCUT2D eigenvalue weighted by atomic mass is 9.96. The molecule has 5 heteroatoms. The average molecular weight is 408 g/mol. The number of benzene rings is 1. The molecule has 0 bridgehead atoms. The second-order valence-corrected chi connectivity index (χ2v) is 7.73. The standard InChI is InChI=1S/C17H23BrN2.2ClH/c18-14-1-2-15-13(9-14)3-6-17(15)10-16(17)20-11-12-4-7-19-8-5-12;;/h1-2,9,12,16,19-20H,3-8,10-11H2;2*1H/t16-,17-;;/m1../s1. The maximum absolute atomic E-state index is 3.88. The van der Waals surface area contributed by atoms with Gasteiger partial charge < -0.3 is 10.6 Å². The van der Waals surface area contributed by atoms with Gasteiger partial charge in [0.25, 0.3) is 0 Å². The SMILES string of the molecule is Brc1ccc2c(c1)CC[C@@]21C[C@H]1NCC1CCNCC1.Cl.Cl. The Balaban J connectivity index is 0.000000882. The van der Waals surface area contributed by atoms with Gasteiger partial charge in [0.15, 0.2) is 0 Å². The first kappa shape index (κ1) is 18.5. The maximum atomic E-state index is 3.88. The lowest BCUT2D eigenvalue weighted by Crippen LogP contribution is -2.35. The summed E-state index contributed by atoms with van der Waals surface area (Å²) in [4.78, 5) is 0. The predicted octanol–water partition coefficient (Wildman–Crippen LogP) is 3.84. The molecule has 1 aromatic rings. The predicted molar refractivity (Wildman–Crippen MR) is 101 cm³/mol. The lowest BCUT2D eigenvalue weighted by Gasteiger charge is -2.23. The molecule has 22 heavy (non-hydrogen) atoms. The van der Waals surface area contributed by atoms with Crippen molar-refractivity contribution in [2.24, 2.45) is 5.92 Å². The van der Waals surface area contributed by atoms with Crippen molar-refractivity contribution in [1.29, 1.82) is 0 Å². The summed E-state index contributed by atoms with van der Waals surface area (Å²) in [5, 5.41) is 7.33. The smallest absolute Gasteiger partial charge is 0.0178 e. The molecule has 0 radical (unpaired) electrons. The molecule has 1 aromatic carbocycles. The number of aryl methyl sites for hydroxylation is 1. The fraction of sp³-hybridized carbons (Fsp3) is 0.647. The summed E-state index contributed by atoms with van der Waals surface area (Å²) < 4.78 is 1.23. The van der Waals surface area contributed by atoms with E-state index in [1.807, 2.05) is 0 Å². The minimum atomic E-state index is 0. The van der Waals surface area contributed by atoms with Gasteiger partial charge in [0.2, 0.25) is 0 Å². The van der Waals surface area contributed by atoms with Gasteiger partial charge in [-0.15, -0.1) is 24.8 Å². The van der Waals surface area contributed by atoms with Crippen LogP contribution in [-0.2, 0) is 11.8 Å². The molecule has 1 spiro atoms. The van der Waals surface area contributed by atoms with Crippen LogP contribution in [0.5, 0.6) is 0 Å². The third-order valence-corrected chi connectivity index (χ3v) is 6.12. The maximum Gasteiger partial charge on any atom is 0.0178 e. The molecule has 2 fully saturated rings. The second kappa shape index (κ2) is 7.40.